The molecule has 0 spiro atoms. The molecule has 0 aliphatic heterocycles. The molecule has 0 amide bonds. The molecule has 230 valence electrons. The molecule has 0 aliphatic carbocycles. The molecule has 4 nitrogen and oxygen atoms in total. The van der Waals surface area contributed by atoms with Crippen molar-refractivity contribution in [2.45, 2.75) is 0 Å². The van der Waals surface area contributed by atoms with E-state index >= 15 is 0 Å². The Morgan fingerprint density at radius 1 is 0.388 bits per heavy atom. The number of hydrogen-bond acceptors (Lipinski definition) is 3. The summed E-state index contributed by atoms with van der Waals surface area (Å²) in [5.41, 5.74) is 11.1. The van der Waals surface area contributed by atoms with Crippen molar-refractivity contribution in [3.63, 3.8) is 0 Å². The predicted molar refractivity (Wildman–Crippen MR) is 201 cm³/mol. The molecule has 0 atom stereocenters. The van der Waals surface area contributed by atoms with Gasteiger partial charge in [0.2, 0.25) is 0 Å². The second-order valence-electron chi connectivity index (χ2n) is 12.1. The van der Waals surface area contributed by atoms with E-state index in [9.17, 15) is 0 Å². The van der Waals surface area contributed by atoms with Gasteiger partial charge in [-0.15, -0.1) is 0 Å². The molecule has 0 radical (unpaired) electrons. The van der Waals surface area contributed by atoms with Crippen molar-refractivity contribution >= 4 is 21.7 Å². The monoisotopic (exact) mass is 626 g/mol. The van der Waals surface area contributed by atoms with E-state index in [0.29, 0.717) is 5.82 Å². The van der Waals surface area contributed by atoms with Crippen molar-refractivity contribution in [2.75, 3.05) is 0 Å². The molecular weight excluding hydrogens is 597 g/mol. The standard InChI is InChI=1S/C45H30N4/c1-6-17-31(18-7-1)38-29-39-36(44-42(38)43(34-23-12-4-13-24-34)48-49(44)35-25-14-5-15-26-35)27-16-28-37(39)45-46-40(32-19-8-2-9-20-32)30-41(47-45)33-21-10-3-11-22-33/h1-30H. The molecule has 2 heterocycles. The van der Waals surface area contributed by atoms with Gasteiger partial charge < -0.3 is 0 Å². The maximum Gasteiger partial charge on any atom is 0.161 e. The van der Waals surface area contributed by atoms with Crippen LogP contribution < -0.4 is 0 Å². The zero-order chi connectivity index (χ0) is 32.6. The number of para-hydroxylation sites is 1. The van der Waals surface area contributed by atoms with Crippen molar-refractivity contribution in [1.29, 1.82) is 0 Å². The highest BCUT2D eigenvalue weighted by atomic mass is 15.3. The number of benzene rings is 7. The summed E-state index contributed by atoms with van der Waals surface area (Å²) in [6, 6.07) is 63.0. The minimum atomic E-state index is 0.679. The van der Waals surface area contributed by atoms with Crippen molar-refractivity contribution in [3.8, 4) is 62.0 Å². The van der Waals surface area contributed by atoms with Gasteiger partial charge in [0.25, 0.3) is 0 Å². The lowest BCUT2D eigenvalue weighted by Crippen LogP contribution is -1.99. The van der Waals surface area contributed by atoms with Gasteiger partial charge in [0.15, 0.2) is 5.82 Å². The van der Waals surface area contributed by atoms with Crippen LogP contribution in [0.1, 0.15) is 0 Å². The smallest absolute Gasteiger partial charge is 0.161 e. The Kier molecular flexibility index (Phi) is 7.10. The van der Waals surface area contributed by atoms with Crippen LogP contribution in [0.4, 0.5) is 0 Å². The summed E-state index contributed by atoms with van der Waals surface area (Å²) in [5.74, 6) is 0.679. The molecular formula is C45H30N4. The van der Waals surface area contributed by atoms with Crippen LogP contribution in [-0.2, 0) is 0 Å². The van der Waals surface area contributed by atoms with Gasteiger partial charge in [-0.05, 0) is 40.8 Å². The Bertz CT molecular complexity index is 2500. The third kappa shape index (κ3) is 5.16. The lowest BCUT2D eigenvalue weighted by molar-refractivity contribution is 0.918. The van der Waals surface area contributed by atoms with Gasteiger partial charge in [0.1, 0.15) is 5.69 Å². The maximum atomic E-state index is 5.36. The van der Waals surface area contributed by atoms with Crippen LogP contribution in [0.2, 0.25) is 0 Å². The van der Waals surface area contributed by atoms with Crippen molar-refractivity contribution < 1.29 is 0 Å². The first kappa shape index (κ1) is 28.6. The van der Waals surface area contributed by atoms with Gasteiger partial charge in [-0.1, -0.05) is 158 Å². The molecule has 0 fully saturated rings. The summed E-state index contributed by atoms with van der Waals surface area (Å²) in [7, 11) is 0. The summed E-state index contributed by atoms with van der Waals surface area (Å²) in [6.45, 7) is 0. The lowest BCUT2D eigenvalue weighted by Gasteiger charge is -2.15. The second-order valence-corrected chi connectivity index (χ2v) is 12.1. The molecule has 9 rings (SSSR count). The van der Waals surface area contributed by atoms with Crippen LogP contribution in [0, 0.1) is 0 Å². The Balaban J connectivity index is 1.41. The van der Waals surface area contributed by atoms with E-state index in [4.69, 9.17) is 15.1 Å². The molecule has 0 saturated heterocycles. The summed E-state index contributed by atoms with van der Waals surface area (Å²) in [5, 5.41) is 8.62. The molecule has 9 aromatic rings. The molecule has 0 bridgehead atoms. The van der Waals surface area contributed by atoms with E-state index in [0.717, 1.165) is 77.8 Å². The Morgan fingerprint density at radius 2 is 0.898 bits per heavy atom. The largest absolute Gasteiger partial charge is 0.232 e. The zero-order valence-electron chi connectivity index (χ0n) is 26.6. The number of nitrogens with zero attached hydrogens (tertiary/aromatic N) is 4. The van der Waals surface area contributed by atoms with Crippen molar-refractivity contribution in [3.05, 3.63) is 182 Å². The van der Waals surface area contributed by atoms with Gasteiger partial charge >= 0.3 is 0 Å². The molecule has 4 heteroatoms. The molecule has 0 N–H and O–H groups in total. The molecule has 7 aromatic carbocycles. The van der Waals surface area contributed by atoms with Crippen LogP contribution in [0.15, 0.2) is 182 Å². The fraction of sp³-hybridized carbons (Fsp3) is 0. The van der Waals surface area contributed by atoms with Crippen molar-refractivity contribution in [2.24, 2.45) is 0 Å². The number of rotatable bonds is 6. The minimum absolute atomic E-state index is 0.679. The predicted octanol–water partition coefficient (Wildman–Crippen LogP) is 11.3. The van der Waals surface area contributed by atoms with Crippen LogP contribution in [0.25, 0.3) is 83.6 Å². The summed E-state index contributed by atoms with van der Waals surface area (Å²) >= 11 is 0. The highest BCUT2D eigenvalue weighted by molar-refractivity contribution is 6.19. The number of aromatic nitrogens is 4. The number of hydrogen-bond donors (Lipinski definition) is 0. The van der Waals surface area contributed by atoms with Gasteiger partial charge in [-0.3, -0.25) is 0 Å². The summed E-state index contributed by atoms with van der Waals surface area (Å²) in [6.07, 6.45) is 0. The third-order valence-electron chi connectivity index (χ3n) is 9.04. The van der Waals surface area contributed by atoms with Gasteiger partial charge in [0, 0.05) is 33.0 Å². The Labute approximate surface area is 284 Å². The molecule has 49 heavy (non-hydrogen) atoms. The van der Waals surface area contributed by atoms with Gasteiger partial charge in [0.05, 0.1) is 22.6 Å². The SMILES string of the molecule is c1ccc(-c2cc(-c3ccccc3)nc(-c3cccc4c3cc(-c3ccccc3)c3c(-c5ccccc5)nn(-c5ccccc5)c34)n2)cc1. The minimum Gasteiger partial charge on any atom is -0.232 e. The van der Waals surface area contributed by atoms with Crippen LogP contribution in [0.5, 0.6) is 0 Å². The normalized spacial score (nSPS) is 11.3. The fourth-order valence-corrected chi connectivity index (χ4v) is 6.74. The summed E-state index contributed by atoms with van der Waals surface area (Å²) in [4.78, 5) is 10.5. The topological polar surface area (TPSA) is 43.6 Å². The lowest BCUT2D eigenvalue weighted by atomic mass is 9.92. The average Bonchev–Trinajstić information content (AvgIpc) is 3.60. The molecule has 0 saturated carbocycles. The fourth-order valence-electron chi connectivity index (χ4n) is 6.74. The average molecular weight is 627 g/mol. The van der Waals surface area contributed by atoms with E-state index < -0.39 is 0 Å². The molecule has 0 aliphatic rings. The van der Waals surface area contributed by atoms with E-state index in [2.05, 4.69) is 162 Å². The first-order valence-corrected chi connectivity index (χ1v) is 16.5. The molecule has 0 unspecified atom stereocenters. The second kappa shape index (κ2) is 12.2. The summed E-state index contributed by atoms with van der Waals surface area (Å²) < 4.78 is 2.10. The van der Waals surface area contributed by atoms with E-state index in [-0.39, 0.29) is 0 Å². The van der Waals surface area contributed by atoms with Crippen LogP contribution in [0.3, 0.4) is 0 Å². The van der Waals surface area contributed by atoms with Crippen LogP contribution >= 0.6 is 0 Å². The third-order valence-corrected chi connectivity index (χ3v) is 9.04. The van der Waals surface area contributed by atoms with Gasteiger partial charge in [-0.25, -0.2) is 14.6 Å². The van der Waals surface area contributed by atoms with E-state index in [1.54, 1.807) is 0 Å². The molecule has 2 aromatic heterocycles. The zero-order valence-corrected chi connectivity index (χ0v) is 26.6. The van der Waals surface area contributed by atoms with E-state index in [1.807, 2.05) is 24.3 Å². The number of fused-ring (bicyclic) bond motifs is 3. The van der Waals surface area contributed by atoms with Crippen molar-refractivity contribution in [1.82, 2.24) is 19.7 Å². The van der Waals surface area contributed by atoms with Gasteiger partial charge in [-0.2, -0.15) is 5.10 Å². The van der Waals surface area contributed by atoms with E-state index in [1.165, 1.54) is 0 Å². The maximum absolute atomic E-state index is 5.36. The quantitative estimate of drug-likeness (QED) is 0.184. The highest BCUT2D eigenvalue weighted by Gasteiger charge is 2.23. The Hall–Kier alpha value is -6.65. The first-order valence-electron chi connectivity index (χ1n) is 16.5. The Morgan fingerprint density at radius 3 is 1.47 bits per heavy atom. The van der Waals surface area contributed by atoms with Crippen LogP contribution in [-0.4, -0.2) is 19.7 Å². The first-order chi connectivity index (χ1) is 24.3. The highest BCUT2D eigenvalue weighted by Crippen LogP contribution is 2.44.